The quantitative estimate of drug-likeness (QED) is 0.294. The van der Waals surface area contributed by atoms with Crippen LogP contribution >= 0.6 is 15.9 Å². The third kappa shape index (κ3) is 4.31. The van der Waals surface area contributed by atoms with E-state index in [1.54, 1.807) is 18.2 Å². The molecule has 0 aliphatic heterocycles. The van der Waals surface area contributed by atoms with E-state index in [9.17, 15) is 9.59 Å². The number of hydrogen-bond donors (Lipinski definition) is 0. The highest BCUT2D eigenvalue weighted by Gasteiger charge is 2.39. The zero-order valence-electron chi connectivity index (χ0n) is 18.3. The van der Waals surface area contributed by atoms with Crippen LogP contribution in [0.4, 0.5) is 0 Å². The van der Waals surface area contributed by atoms with E-state index in [4.69, 9.17) is 9.47 Å². The van der Waals surface area contributed by atoms with Crippen molar-refractivity contribution >= 4 is 27.7 Å². The van der Waals surface area contributed by atoms with E-state index >= 15 is 0 Å². The van der Waals surface area contributed by atoms with Crippen LogP contribution < -0.4 is 4.74 Å². The van der Waals surface area contributed by atoms with Gasteiger partial charge in [0.2, 0.25) is 5.78 Å². The molecule has 0 saturated carbocycles. The van der Waals surface area contributed by atoms with Gasteiger partial charge >= 0.3 is 5.97 Å². The average Bonchev–Trinajstić information content (AvgIpc) is 2.74. The Hall–Kier alpha value is -2.14. The van der Waals surface area contributed by atoms with Crippen molar-refractivity contribution in [3.63, 3.8) is 0 Å². The molecule has 3 rings (SSSR count). The van der Waals surface area contributed by atoms with E-state index < -0.39 is 5.97 Å². The summed E-state index contributed by atoms with van der Waals surface area (Å²) in [6.45, 7) is 8.82. The summed E-state index contributed by atoms with van der Waals surface area (Å²) in [7, 11) is 1.34. The number of carbonyl (C=O) groups excluding carboxylic acids is 2. The molecule has 1 aliphatic rings. The fraction of sp³-hybridized carbons (Fsp3) is 0.440. The molecule has 1 aliphatic carbocycles. The van der Waals surface area contributed by atoms with Crippen molar-refractivity contribution in [2.24, 2.45) is 0 Å². The number of alkyl halides is 1. The highest BCUT2D eigenvalue weighted by Crippen LogP contribution is 2.47. The van der Waals surface area contributed by atoms with Crippen molar-refractivity contribution in [3.05, 3.63) is 64.2 Å². The van der Waals surface area contributed by atoms with E-state index in [0.717, 1.165) is 29.5 Å². The number of fused-ring (bicyclic) bond motifs is 1. The van der Waals surface area contributed by atoms with Gasteiger partial charge < -0.3 is 9.47 Å². The molecule has 160 valence electrons. The number of halogens is 1. The summed E-state index contributed by atoms with van der Waals surface area (Å²) in [4.78, 5) is 25.1. The maximum atomic E-state index is 13.2. The molecule has 0 fully saturated rings. The highest BCUT2D eigenvalue weighted by molar-refractivity contribution is 9.08. The van der Waals surface area contributed by atoms with Gasteiger partial charge in [-0.1, -0.05) is 67.9 Å². The number of methoxy groups -OCH3 is 1. The van der Waals surface area contributed by atoms with Crippen LogP contribution in [-0.4, -0.2) is 25.5 Å². The minimum Gasteiger partial charge on any atom is -0.485 e. The molecule has 0 heterocycles. The topological polar surface area (TPSA) is 52.6 Å². The van der Waals surface area contributed by atoms with Crippen molar-refractivity contribution < 1.29 is 19.1 Å². The first-order chi connectivity index (χ1) is 14.1. The molecule has 0 aromatic heterocycles. The normalized spacial score (nSPS) is 16.5. The molecule has 4 nitrogen and oxygen atoms in total. The SMILES string of the molecule is COC(=O)c1ccc(CBr)c(OCC(=O)c2cccc3c2C(C)(C)CCC3(C)C)c1. The third-order valence-corrected chi connectivity index (χ3v) is 6.74. The summed E-state index contributed by atoms with van der Waals surface area (Å²) >= 11 is 3.43. The van der Waals surface area contributed by atoms with Crippen LogP contribution in [0, 0.1) is 0 Å². The van der Waals surface area contributed by atoms with Crippen LogP contribution in [-0.2, 0) is 20.9 Å². The van der Waals surface area contributed by atoms with E-state index in [1.165, 1.54) is 12.7 Å². The first kappa shape index (κ1) is 22.5. The lowest BCUT2D eigenvalue weighted by molar-refractivity contribution is 0.0600. The van der Waals surface area contributed by atoms with Gasteiger partial charge in [0, 0.05) is 16.5 Å². The van der Waals surface area contributed by atoms with Crippen molar-refractivity contribution in [1.82, 2.24) is 0 Å². The van der Waals surface area contributed by atoms with E-state index in [-0.39, 0.29) is 23.2 Å². The zero-order chi connectivity index (χ0) is 22.1. The highest BCUT2D eigenvalue weighted by atomic mass is 79.9. The molecule has 30 heavy (non-hydrogen) atoms. The Morgan fingerprint density at radius 1 is 1.03 bits per heavy atom. The standard InChI is InChI=1S/C25H29BrO4/c1-24(2)11-12-25(3,4)22-18(7-6-8-19(22)24)20(27)15-30-21-13-16(23(28)29-5)9-10-17(21)14-26/h6-10,13H,11-12,14-15H2,1-5H3. The molecule has 0 spiro atoms. The van der Waals surface area contributed by atoms with Gasteiger partial charge in [0.25, 0.3) is 0 Å². The molecule has 0 radical (unpaired) electrons. The number of rotatable bonds is 6. The Labute approximate surface area is 187 Å². The van der Waals surface area contributed by atoms with Crippen molar-refractivity contribution in [2.45, 2.75) is 56.7 Å². The summed E-state index contributed by atoms with van der Waals surface area (Å²) in [5.41, 5.74) is 4.35. The summed E-state index contributed by atoms with van der Waals surface area (Å²) < 4.78 is 10.7. The molecule has 5 heteroatoms. The van der Waals surface area contributed by atoms with Gasteiger partial charge in [0.1, 0.15) is 5.75 Å². The zero-order valence-corrected chi connectivity index (χ0v) is 19.9. The van der Waals surface area contributed by atoms with E-state index in [2.05, 4.69) is 49.7 Å². The molecular weight excluding hydrogens is 444 g/mol. The molecule has 2 aromatic rings. The van der Waals surface area contributed by atoms with Crippen LogP contribution in [0.15, 0.2) is 36.4 Å². The second-order valence-corrected chi connectivity index (χ2v) is 9.72. The Bertz CT molecular complexity index is 975. The predicted octanol–water partition coefficient (Wildman–Crippen LogP) is 5.98. The largest absolute Gasteiger partial charge is 0.485 e. The number of ether oxygens (including phenoxy) is 2. The molecule has 2 aromatic carbocycles. The van der Waals surface area contributed by atoms with Crippen molar-refractivity contribution in [2.75, 3.05) is 13.7 Å². The molecule has 0 N–H and O–H groups in total. The van der Waals surface area contributed by atoms with Crippen LogP contribution in [0.25, 0.3) is 0 Å². The van der Waals surface area contributed by atoms with Crippen molar-refractivity contribution in [1.29, 1.82) is 0 Å². The smallest absolute Gasteiger partial charge is 0.337 e. The molecule has 0 saturated heterocycles. The Kier molecular flexibility index (Phi) is 6.42. The number of hydrogen-bond acceptors (Lipinski definition) is 4. The number of carbonyl (C=O) groups is 2. The number of esters is 1. The second kappa shape index (κ2) is 8.54. The van der Waals surface area contributed by atoms with Gasteiger partial charge in [-0.15, -0.1) is 0 Å². The molecule has 0 bridgehead atoms. The summed E-state index contributed by atoms with van der Waals surface area (Å²) in [6, 6.07) is 11.1. The maximum Gasteiger partial charge on any atom is 0.337 e. The lowest BCUT2D eigenvalue weighted by Gasteiger charge is -2.42. The lowest BCUT2D eigenvalue weighted by Crippen LogP contribution is -2.36. The minimum absolute atomic E-state index is 0.0416. The van der Waals surface area contributed by atoms with Gasteiger partial charge in [-0.3, -0.25) is 4.79 Å². The summed E-state index contributed by atoms with van der Waals surface area (Å²) in [5.74, 6) is 0.0162. The molecule has 0 unspecified atom stereocenters. The fourth-order valence-corrected chi connectivity index (χ4v) is 4.69. The van der Waals surface area contributed by atoms with Gasteiger partial charge in [0.15, 0.2) is 6.61 Å². The predicted molar refractivity (Wildman–Crippen MR) is 122 cm³/mol. The Morgan fingerprint density at radius 3 is 2.40 bits per heavy atom. The molecule has 0 amide bonds. The first-order valence-corrected chi connectivity index (χ1v) is 11.3. The number of benzene rings is 2. The van der Waals surface area contributed by atoms with Gasteiger partial charge in [-0.25, -0.2) is 4.79 Å². The Balaban J connectivity index is 1.91. The lowest BCUT2D eigenvalue weighted by atomic mass is 9.62. The molecular formula is C25H29BrO4. The third-order valence-electron chi connectivity index (χ3n) is 6.14. The minimum atomic E-state index is -0.437. The van der Waals surface area contributed by atoms with Gasteiger partial charge in [0.05, 0.1) is 12.7 Å². The number of ketones is 1. The van der Waals surface area contributed by atoms with Gasteiger partial charge in [-0.2, -0.15) is 0 Å². The fourth-order valence-electron chi connectivity index (χ4n) is 4.23. The van der Waals surface area contributed by atoms with E-state index in [0.29, 0.717) is 16.6 Å². The van der Waals surface area contributed by atoms with E-state index in [1.807, 2.05) is 12.1 Å². The summed E-state index contributed by atoms with van der Waals surface area (Å²) in [6.07, 6.45) is 2.13. The second-order valence-electron chi connectivity index (χ2n) is 9.16. The first-order valence-electron chi connectivity index (χ1n) is 10.2. The summed E-state index contributed by atoms with van der Waals surface area (Å²) in [5, 5.41) is 0.555. The molecule has 0 atom stereocenters. The monoisotopic (exact) mass is 472 g/mol. The van der Waals surface area contributed by atoms with Gasteiger partial charge in [-0.05, 0) is 46.9 Å². The Morgan fingerprint density at radius 2 is 1.73 bits per heavy atom. The maximum absolute atomic E-state index is 13.2. The average molecular weight is 473 g/mol. The number of Topliss-reactive ketones (excluding diaryl/α,β-unsaturated/α-hetero) is 1. The van der Waals surface area contributed by atoms with Crippen LogP contribution in [0.2, 0.25) is 0 Å². The van der Waals surface area contributed by atoms with Crippen LogP contribution in [0.1, 0.15) is 77.9 Å². The van der Waals surface area contributed by atoms with Crippen LogP contribution in [0.5, 0.6) is 5.75 Å². The van der Waals surface area contributed by atoms with Crippen LogP contribution in [0.3, 0.4) is 0 Å². The van der Waals surface area contributed by atoms with Crippen molar-refractivity contribution in [3.8, 4) is 5.75 Å².